The van der Waals surface area contributed by atoms with Crippen molar-refractivity contribution in [3.05, 3.63) is 58.6 Å². The average molecular weight is 389 g/mol. The van der Waals surface area contributed by atoms with E-state index in [0.29, 0.717) is 27.8 Å². The van der Waals surface area contributed by atoms with Crippen molar-refractivity contribution >= 4 is 23.2 Å². The van der Waals surface area contributed by atoms with Crippen LogP contribution < -0.4 is 9.47 Å². The van der Waals surface area contributed by atoms with Gasteiger partial charge in [-0.2, -0.15) is 10.1 Å². The Labute approximate surface area is 163 Å². The van der Waals surface area contributed by atoms with E-state index in [2.05, 4.69) is 5.10 Å². The number of amides is 1. The second kappa shape index (κ2) is 7.58. The first-order valence-electron chi connectivity index (χ1n) is 8.44. The molecule has 0 fully saturated rings. The number of hydrazone groups is 1. The SMILES string of the molecule is COc1ccc(CC(=O)N2N=C(C)C[C@]2(O)c2ccc(Cl)cc2)cc1OC. The van der Waals surface area contributed by atoms with E-state index in [1.54, 1.807) is 56.5 Å². The number of aliphatic hydroxyl groups is 1. The minimum atomic E-state index is -1.53. The number of carbonyl (C=O) groups excluding carboxylic acids is 1. The van der Waals surface area contributed by atoms with Gasteiger partial charge in [-0.15, -0.1) is 0 Å². The molecule has 2 aromatic carbocycles. The summed E-state index contributed by atoms with van der Waals surface area (Å²) in [6.07, 6.45) is 0.305. The highest BCUT2D eigenvalue weighted by Gasteiger charge is 2.44. The topological polar surface area (TPSA) is 71.4 Å². The zero-order valence-electron chi connectivity index (χ0n) is 15.4. The molecular formula is C20H21ClN2O4. The Kier molecular flexibility index (Phi) is 5.39. The minimum absolute atomic E-state index is 0.0625. The van der Waals surface area contributed by atoms with Crippen molar-refractivity contribution in [1.82, 2.24) is 5.01 Å². The van der Waals surface area contributed by atoms with Crippen LogP contribution >= 0.6 is 11.6 Å². The van der Waals surface area contributed by atoms with E-state index >= 15 is 0 Å². The van der Waals surface area contributed by atoms with E-state index < -0.39 is 5.72 Å². The first-order chi connectivity index (χ1) is 12.9. The number of nitrogens with zero attached hydrogens (tertiary/aromatic N) is 2. The van der Waals surface area contributed by atoms with E-state index in [0.717, 1.165) is 10.6 Å². The van der Waals surface area contributed by atoms with Crippen LogP contribution in [0, 0.1) is 0 Å². The maximum absolute atomic E-state index is 12.9. The summed E-state index contributed by atoms with van der Waals surface area (Å²) in [6.45, 7) is 1.78. The van der Waals surface area contributed by atoms with Crippen LogP contribution in [0.15, 0.2) is 47.6 Å². The lowest BCUT2D eigenvalue weighted by atomic mass is 9.97. The molecule has 0 saturated heterocycles. The van der Waals surface area contributed by atoms with Gasteiger partial charge in [0.1, 0.15) is 0 Å². The van der Waals surface area contributed by atoms with E-state index in [1.807, 2.05) is 0 Å². The van der Waals surface area contributed by atoms with Crippen molar-refractivity contribution < 1.29 is 19.4 Å². The number of benzene rings is 2. The summed E-state index contributed by atoms with van der Waals surface area (Å²) in [4.78, 5) is 12.9. The Balaban J connectivity index is 1.87. The third-order valence-corrected chi connectivity index (χ3v) is 4.72. The van der Waals surface area contributed by atoms with Gasteiger partial charge >= 0.3 is 0 Å². The molecule has 1 heterocycles. The molecule has 27 heavy (non-hydrogen) atoms. The fourth-order valence-corrected chi connectivity index (χ4v) is 3.29. The van der Waals surface area contributed by atoms with Crippen LogP contribution in [0.1, 0.15) is 24.5 Å². The van der Waals surface area contributed by atoms with Crippen molar-refractivity contribution in [1.29, 1.82) is 0 Å². The van der Waals surface area contributed by atoms with Gasteiger partial charge in [0.25, 0.3) is 0 Å². The molecular weight excluding hydrogens is 368 g/mol. The summed E-state index contributed by atoms with van der Waals surface area (Å²) in [7, 11) is 3.09. The zero-order valence-corrected chi connectivity index (χ0v) is 16.2. The molecule has 0 unspecified atom stereocenters. The third kappa shape index (κ3) is 3.77. The predicted octanol–water partition coefficient (Wildman–Crippen LogP) is 3.35. The molecule has 6 nitrogen and oxygen atoms in total. The van der Waals surface area contributed by atoms with Gasteiger partial charge in [-0.1, -0.05) is 29.8 Å². The number of methoxy groups -OCH3 is 2. The number of halogens is 1. The summed E-state index contributed by atoms with van der Waals surface area (Å²) < 4.78 is 10.5. The minimum Gasteiger partial charge on any atom is -0.493 e. The van der Waals surface area contributed by atoms with Gasteiger partial charge in [0.05, 0.1) is 20.6 Å². The van der Waals surface area contributed by atoms with Crippen LogP contribution in [0.3, 0.4) is 0 Å². The maximum atomic E-state index is 12.9. The number of ether oxygens (including phenoxy) is 2. The number of hydrogen-bond acceptors (Lipinski definition) is 5. The smallest absolute Gasteiger partial charge is 0.250 e. The van der Waals surface area contributed by atoms with Crippen molar-refractivity contribution in [3.63, 3.8) is 0 Å². The van der Waals surface area contributed by atoms with Gasteiger partial charge in [0.2, 0.25) is 5.91 Å². The summed E-state index contributed by atoms with van der Waals surface area (Å²) in [5, 5.41) is 17.2. The zero-order chi connectivity index (χ0) is 19.6. The van der Waals surface area contributed by atoms with Crippen molar-refractivity contribution in [2.75, 3.05) is 14.2 Å². The van der Waals surface area contributed by atoms with Crippen LogP contribution in [0.2, 0.25) is 5.02 Å². The average Bonchev–Trinajstić information content (AvgIpc) is 2.97. The van der Waals surface area contributed by atoms with Crippen LogP contribution in [-0.4, -0.2) is 36.0 Å². The largest absolute Gasteiger partial charge is 0.493 e. The number of rotatable bonds is 5. The number of carbonyl (C=O) groups is 1. The summed E-state index contributed by atoms with van der Waals surface area (Å²) >= 11 is 5.94. The molecule has 1 aliphatic heterocycles. The molecule has 1 atom stereocenters. The van der Waals surface area contributed by atoms with E-state index in [-0.39, 0.29) is 18.7 Å². The molecule has 0 aromatic heterocycles. The van der Waals surface area contributed by atoms with Crippen LogP contribution in [0.5, 0.6) is 11.5 Å². The van der Waals surface area contributed by atoms with E-state index in [9.17, 15) is 9.90 Å². The first kappa shape index (κ1) is 19.2. The van der Waals surface area contributed by atoms with Gasteiger partial charge in [-0.25, -0.2) is 0 Å². The Bertz CT molecular complexity index is 882. The Hall–Kier alpha value is -2.57. The van der Waals surface area contributed by atoms with Crippen molar-refractivity contribution in [2.24, 2.45) is 5.10 Å². The molecule has 1 N–H and O–H groups in total. The molecule has 2 aromatic rings. The molecule has 1 amide bonds. The van der Waals surface area contributed by atoms with Gasteiger partial charge in [0, 0.05) is 22.7 Å². The first-order valence-corrected chi connectivity index (χ1v) is 8.81. The highest BCUT2D eigenvalue weighted by Crippen LogP contribution is 2.36. The monoisotopic (exact) mass is 388 g/mol. The molecule has 0 saturated carbocycles. The van der Waals surface area contributed by atoms with Gasteiger partial charge in [-0.3, -0.25) is 4.79 Å². The van der Waals surface area contributed by atoms with Gasteiger partial charge in [0.15, 0.2) is 17.2 Å². The predicted molar refractivity (Wildman–Crippen MR) is 103 cm³/mol. The second-order valence-corrected chi connectivity index (χ2v) is 6.84. The highest BCUT2D eigenvalue weighted by molar-refractivity contribution is 6.30. The van der Waals surface area contributed by atoms with Crippen LogP contribution in [0.25, 0.3) is 0 Å². The maximum Gasteiger partial charge on any atom is 0.250 e. The molecule has 0 aliphatic carbocycles. The van der Waals surface area contributed by atoms with E-state index in [4.69, 9.17) is 21.1 Å². The summed E-state index contributed by atoms with van der Waals surface area (Å²) in [6, 6.07) is 12.0. The van der Waals surface area contributed by atoms with Crippen LogP contribution in [0.4, 0.5) is 0 Å². The summed E-state index contributed by atoms with van der Waals surface area (Å²) in [5.41, 5.74) is 0.444. The van der Waals surface area contributed by atoms with Gasteiger partial charge in [-0.05, 0) is 36.8 Å². The fourth-order valence-electron chi connectivity index (χ4n) is 3.16. The normalized spacial score (nSPS) is 19.0. The Morgan fingerprint density at radius 3 is 2.48 bits per heavy atom. The second-order valence-electron chi connectivity index (χ2n) is 6.41. The molecule has 142 valence electrons. The van der Waals surface area contributed by atoms with E-state index in [1.165, 1.54) is 7.11 Å². The standard InChI is InChI=1S/C20H21ClN2O4/c1-13-12-20(25,15-5-7-16(21)8-6-15)23(22-13)19(24)11-14-4-9-17(26-2)18(10-14)27-3/h4-10,25H,11-12H2,1-3H3/t20-/m0/s1. The highest BCUT2D eigenvalue weighted by atomic mass is 35.5. The fraction of sp³-hybridized carbons (Fsp3) is 0.300. The molecule has 0 bridgehead atoms. The molecule has 1 aliphatic rings. The quantitative estimate of drug-likeness (QED) is 0.852. The lowest BCUT2D eigenvalue weighted by Gasteiger charge is -2.31. The lowest BCUT2D eigenvalue weighted by molar-refractivity contribution is -0.157. The van der Waals surface area contributed by atoms with Crippen molar-refractivity contribution in [2.45, 2.75) is 25.5 Å². The molecule has 3 rings (SSSR count). The van der Waals surface area contributed by atoms with Crippen molar-refractivity contribution in [3.8, 4) is 11.5 Å². The number of hydrogen-bond donors (Lipinski definition) is 1. The van der Waals surface area contributed by atoms with Crippen LogP contribution in [-0.2, 0) is 16.9 Å². The Morgan fingerprint density at radius 2 is 1.85 bits per heavy atom. The summed E-state index contributed by atoms with van der Waals surface area (Å²) in [5.74, 6) is 0.801. The lowest BCUT2D eigenvalue weighted by Crippen LogP contribution is -2.44. The molecule has 0 spiro atoms. The molecule has 7 heteroatoms. The molecule has 0 radical (unpaired) electrons. The van der Waals surface area contributed by atoms with Gasteiger partial charge < -0.3 is 14.6 Å². The Morgan fingerprint density at radius 1 is 1.19 bits per heavy atom. The third-order valence-electron chi connectivity index (χ3n) is 4.47.